The van der Waals surface area contributed by atoms with E-state index in [1.54, 1.807) is 37.7 Å². The zero-order valence-electron chi connectivity index (χ0n) is 13.8. The maximum atomic E-state index is 12.4. The second-order valence-electron chi connectivity index (χ2n) is 6.44. The minimum absolute atomic E-state index is 0.0124. The molecular formula is C15H22N4O4. The maximum Gasteiger partial charge on any atom is 0.322 e. The van der Waals surface area contributed by atoms with Crippen LogP contribution in [-0.4, -0.2) is 33.1 Å². The summed E-state index contributed by atoms with van der Waals surface area (Å²) in [7, 11) is 0. The number of imidazole rings is 1. The van der Waals surface area contributed by atoms with E-state index in [0.717, 1.165) is 0 Å². The van der Waals surface area contributed by atoms with Gasteiger partial charge in [-0.3, -0.25) is 14.9 Å². The molecule has 1 aromatic heterocycles. The van der Waals surface area contributed by atoms with Gasteiger partial charge in [0.05, 0.1) is 0 Å². The lowest BCUT2D eigenvalue weighted by Gasteiger charge is -2.26. The van der Waals surface area contributed by atoms with Crippen molar-refractivity contribution in [3.63, 3.8) is 0 Å². The molecular weight excluding hydrogens is 300 g/mol. The van der Waals surface area contributed by atoms with Crippen molar-refractivity contribution in [1.82, 2.24) is 20.2 Å². The van der Waals surface area contributed by atoms with Crippen LogP contribution in [0.15, 0.2) is 12.4 Å². The Balaban J connectivity index is 2.25. The smallest absolute Gasteiger partial charge is 0.322 e. The highest BCUT2D eigenvalue weighted by Crippen LogP contribution is 2.29. The average molecular weight is 322 g/mol. The molecule has 1 aliphatic rings. The van der Waals surface area contributed by atoms with Crippen LogP contribution in [-0.2, 0) is 26.4 Å². The number of aryl methyl sites for hydroxylation is 1. The average Bonchev–Trinajstić information content (AvgIpc) is 2.99. The van der Waals surface area contributed by atoms with Crippen molar-refractivity contribution in [2.24, 2.45) is 0 Å². The second kappa shape index (κ2) is 6.02. The van der Waals surface area contributed by atoms with Crippen molar-refractivity contribution in [3.05, 3.63) is 18.2 Å². The molecule has 2 N–H and O–H groups in total. The van der Waals surface area contributed by atoms with Gasteiger partial charge in [0, 0.05) is 25.4 Å². The predicted molar refractivity (Wildman–Crippen MR) is 81.3 cm³/mol. The minimum atomic E-state index is -1.35. The van der Waals surface area contributed by atoms with Crippen LogP contribution >= 0.6 is 0 Å². The number of aromatic nitrogens is 2. The van der Waals surface area contributed by atoms with Crippen LogP contribution in [0.2, 0.25) is 0 Å². The van der Waals surface area contributed by atoms with Crippen LogP contribution in [0.4, 0.5) is 4.79 Å². The molecule has 1 atom stereocenters. The molecule has 1 unspecified atom stereocenters. The van der Waals surface area contributed by atoms with Gasteiger partial charge >= 0.3 is 12.0 Å². The molecule has 0 bridgehead atoms. The number of carbonyl (C=O) groups is 3. The lowest BCUT2D eigenvalue weighted by Crippen LogP contribution is -2.46. The highest BCUT2D eigenvalue weighted by molar-refractivity contribution is 6.07. The number of imide groups is 1. The fourth-order valence-corrected chi connectivity index (χ4v) is 2.56. The quantitative estimate of drug-likeness (QED) is 0.623. The second-order valence-corrected chi connectivity index (χ2v) is 6.44. The van der Waals surface area contributed by atoms with Gasteiger partial charge in [-0.1, -0.05) is 0 Å². The predicted octanol–water partition coefficient (Wildman–Crippen LogP) is 1.06. The molecule has 3 amide bonds. The molecule has 126 valence electrons. The fourth-order valence-electron chi connectivity index (χ4n) is 2.56. The Morgan fingerprint density at radius 1 is 1.39 bits per heavy atom. The Morgan fingerprint density at radius 2 is 2.09 bits per heavy atom. The van der Waals surface area contributed by atoms with Gasteiger partial charge in [0.25, 0.3) is 5.91 Å². The Morgan fingerprint density at radius 3 is 2.61 bits per heavy atom. The molecule has 2 heterocycles. The van der Waals surface area contributed by atoms with Crippen LogP contribution in [0.3, 0.4) is 0 Å². The number of carbonyl (C=O) groups excluding carboxylic acids is 3. The molecule has 8 heteroatoms. The van der Waals surface area contributed by atoms with Crippen molar-refractivity contribution >= 4 is 17.9 Å². The number of amides is 3. The number of urea groups is 1. The van der Waals surface area contributed by atoms with Gasteiger partial charge in [0.1, 0.15) is 11.4 Å². The summed E-state index contributed by atoms with van der Waals surface area (Å²) in [6.45, 7) is 7.81. The van der Waals surface area contributed by atoms with E-state index in [1.165, 1.54) is 0 Å². The van der Waals surface area contributed by atoms with Crippen molar-refractivity contribution in [2.75, 3.05) is 0 Å². The molecule has 0 spiro atoms. The van der Waals surface area contributed by atoms with E-state index < -0.39 is 29.0 Å². The van der Waals surface area contributed by atoms with E-state index in [9.17, 15) is 14.4 Å². The van der Waals surface area contributed by atoms with E-state index in [-0.39, 0.29) is 12.8 Å². The van der Waals surface area contributed by atoms with E-state index in [2.05, 4.69) is 15.6 Å². The van der Waals surface area contributed by atoms with Crippen LogP contribution < -0.4 is 10.6 Å². The molecule has 1 aliphatic heterocycles. The summed E-state index contributed by atoms with van der Waals surface area (Å²) in [4.78, 5) is 40.2. The molecule has 2 rings (SSSR count). The first-order chi connectivity index (χ1) is 10.7. The molecule has 1 saturated heterocycles. The van der Waals surface area contributed by atoms with Crippen molar-refractivity contribution < 1.29 is 19.1 Å². The minimum Gasteiger partial charge on any atom is -0.460 e. The molecule has 0 aromatic carbocycles. The molecule has 8 nitrogen and oxygen atoms in total. The highest BCUT2D eigenvalue weighted by Gasteiger charge is 2.50. The van der Waals surface area contributed by atoms with Gasteiger partial charge in [-0.2, -0.15) is 0 Å². The number of hydrogen-bond acceptors (Lipinski definition) is 5. The fraction of sp³-hybridized carbons (Fsp3) is 0.600. The molecule has 1 fully saturated rings. The summed E-state index contributed by atoms with van der Waals surface area (Å²) in [6.07, 6.45) is 3.35. The first-order valence-corrected chi connectivity index (χ1v) is 7.55. The summed E-state index contributed by atoms with van der Waals surface area (Å²) >= 11 is 0. The number of nitrogens with zero attached hydrogens (tertiary/aromatic N) is 2. The maximum absolute atomic E-state index is 12.4. The normalized spacial score (nSPS) is 21.0. The van der Waals surface area contributed by atoms with Gasteiger partial charge < -0.3 is 14.6 Å². The lowest BCUT2D eigenvalue weighted by atomic mass is 9.92. The SMILES string of the molecule is CCn1ccnc1C1(CCC(=O)OC(C)(C)C)NC(=O)NC1=O. The summed E-state index contributed by atoms with van der Waals surface area (Å²) in [5.74, 6) is -0.528. The summed E-state index contributed by atoms with van der Waals surface area (Å²) in [5.41, 5.74) is -1.96. The Kier molecular flexibility index (Phi) is 4.44. The van der Waals surface area contributed by atoms with Crippen LogP contribution in [0, 0.1) is 0 Å². The number of nitrogens with one attached hydrogen (secondary N) is 2. The topological polar surface area (TPSA) is 102 Å². The largest absolute Gasteiger partial charge is 0.460 e. The summed E-state index contributed by atoms with van der Waals surface area (Å²) < 4.78 is 7.03. The van der Waals surface area contributed by atoms with E-state index in [4.69, 9.17) is 4.74 Å². The van der Waals surface area contributed by atoms with Gasteiger partial charge in [-0.25, -0.2) is 9.78 Å². The van der Waals surface area contributed by atoms with Crippen molar-refractivity contribution in [1.29, 1.82) is 0 Å². The molecule has 1 aromatic rings. The van der Waals surface area contributed by atoms with E-state index in [0.29, 0.717) is 12.4 Å². The first-order valence-electron chi connectivity index (χ1n) is 7.55. The molecule has 0 aliphatic carbocycles. The zero-order valence-corrected chi connectivity index (χ0v) is 13.8. The molecule has 0 radical (unpaired) electrons. The van der Waals surface area contributed by atoms with Crippen LogP contribution in [0.5, 0.6) is 0 Å². The summed E-state index contributed by atoms with van der Waals surface area (Å²) in [6, 6.07) is -0.593. The molecule has 0 saturated carbocycles. The number of hydrogen-bond donors (Lipinski definition) is 2. The van der Waals surface area contributed by atoms with Gasteiger partial charge in [-0.05, 0) is 34.1 Å². The molecule has 23 heavy (non-hydrogen) atoms. The Labute approximate surface area is 134 Å². The van der Waals surface area contributed by atoms with E-state index in [1.807, 2.05) is 6.92 Å². The number of ether oxygens (including phenoxy) is 1. The third kappa shape index (κ3) is 3.52. The number of esters is 1. The Bertz CT molecular complexity index is 632. The van der Waals surface area contributed by atoms with Gasteiger partial charge in [0.2, 0.25) is 0 Å². The Hall–Kier alpha value is -2.38. The van der Waals surface area contributed by atoms with Gasteiger partial charge in [-0.15, -0.1) is 0 Å². The third-order valence-electron chi connectivity index (χ3n) is 3.50. The standard InChI is InChI=1S/C15H22N4O4/c1-5-19-9-8-16-11(19)15(12(21)17-13(22)18-15)7-6-10(20)23-14(2,3)4/h8-9H,5-7H2,1-4H3,(H2,17,18,21,22). The van der Waals surface area contributed by atoms with Crippen molar-refractivity contribution in [3.8, 4) is 0 Å². The lowest BCUT2D eigenvalue weighted by molar-refractivity contribution is -0.155. The first kappa shape index (κ1) is 17.0. The van der Waals surface area contributed by atoms with Gasteiger partial charge in [0.15, 0.2) is 5.54 Å². The van der Waals surface area contributed by atoms with Crippen LogP contribution in [0.1, 0.15) is 46.4 Å². The monoisotopic (exact) mass is 322 g/mol. The highest BCUT2D eigenvalue weighted by atomic mass is 16.6. The summed E-state index contributed by atoms with van der Waals surface area (Å²) in [5, 5.41) is 4.85. The third-order valence-corrected chi connectivity index (χ3v) is 3.50. The van der Waals surface area contributed by atoms with Crippen LogP contribution in [0.25, 0.3) is 0 Å². The number of rotatable bonds is 5. The zero-order chi connectivity index (χ0) is 17.3. The van der Waals surface area contributed by atoms with E-state index >= 15 is 0 Å². The van der Waals surface area contributed by atoms with Crippen molar-refractivity contribution in [2.45, 2.75) is 58.2 Å².